The van der Waals surface area contributed by atoms with Crippen molar-refractivity contribution in [1.82, 2.24) is 0 Å². The van der Waals surface area contributed by atoms with Crippen LogP contribution in [0.25, 0.3) is 0 Å². The summed E-state index contributed by atoms with van der Waals surface area (Å²) in [4.78, 5) is 13.5. The molecule has 0 radical (unpaired) electrons. The zero-order valence-electron chi connectivity index (χ0n) is 11.3. The van der Waals surface area contributed by atoms with Crippen LogP contribution in [0.3, 0.4) is 0 Å². The van der Waals surface area contributed by atoms with Gasteiger partial charge in [-0.1, -0.05) is 0 Å². The molecule has 1 atom stereocenters. The maximum Gasteiger partial charge on any atom is 0.282 e. The highest BCUT2D eigenvalue weighted by Crippen LogP contribution is 2.09. The molecule has 1 aliphatic heterocycles. The number of carbonyl (C=O) groups excluding carboxylic acids is 1. The molecule has 1 fully saturated rings. The molecule has 1 aliphatic rings. The highest BCUT2D eigenvalue weighted by molar-refractivity contribution is 5.93. The van der Waals surface area contributed by atoms with Gasteiger partial charge in [0.1, 0.15) is 0 Å². The van der Waals surface area contributed by atoms with Gasteiger partial charge in [0.25, 0.3) is 5.91 Å². The molecule has 0 spiro atoms. The highest BCUT2D eigenvalue weighted by atomic mass is 16.2. The van der Waals surface area contributed by atoms with Crippen LogP contribution < -0.4 is 10.2 Å². The zero-order valence-corrected chi connectivity index (χ0v) is 11.3. The molecule has 1 saturated heterocycles. The van der Waals surface area contributed by atoms with Crippen LogP contribution >= 0.6 is 0 Å². The lowest BCUT2D eigenvalue weighted by atomic mass is 10.1. The molecule has 1 aromatic carbocycles. The second-order valence-electron chi connectivity index (χ2n) is 5.12. The Labute approximate surface area is 114 Å². The molecule has 100 valence electrons. The van der Waals surface area contributed by atoms with E-state index in [2.05, 4.69) is 11.4 Å². The van der Waals surface area contributed by atoms with Gasteiger partial charge in [0, 0.05) is 5.69 Å². The minimum absolute atomic E-state index is 0.0176. The Balaban J connectivity index is 1.93. The van der Waals surface area contributed by atoms with Crippen molar-refractivity contribution in [1.29, 1.82) is 5.26 Å². The lowest BCUT2D eigenvalue weighted by Crippen LogP contribution is -3.17. The Morgan fingerprint density at radius 2 is 1.89 bits per heavy atom. The third-order valence-electron chi connectivity index (χ3n) is 3.78. The summed E-state index contributed by atoms with van der Waals surface area (Å²) >= 11 is 0. The Morgan fingerprint density at radius 1 is 1.26 bits per heavy atom. The molecule has 0 bridgehead atoms. The number of nitrogens with zero attached hydrogens (tertiary/aromatic N) is 1. The Morgan fingerprint density at radius 3 is 2.47 bits per heavy atom. The van der Waals surface area contributed by atoms with Crippen LogP contribution in [0.4, 0.5) is 5.69 Å². The van der Waals surface area contributed by atoms with E-state index in [0.717, 1.165) is 18.8 Å². The lowest BCUT2D eigenvalue weighted by molar-refractivity contribution is -0.918. The molecule has 0 saturated carbocycles. The Bertz CT molecular complexity index is 469. The number of hydrogen-bond donors (Lipinski definition) is 2. The van der Waals surface area contributed by atoms with E-state index in [1.807, 2.05) is 6.92 Å². The van der Waals surface area contributed by atoms with Gasteiger partial charge in [0.2, 0.25) is 0 Å². The summed E-state index contributed by atoms with van der Waals surface area (Å²) in [5.74, 6) is 0.0570. The molecule has 4 heteroatoms. The minimum atomic E-state index is -0.0176. The van der Waals surface area contributed by atoms with E-state index in [4.69, 9.17) is 5.26 Å². The summed E-state index contributed by atoms with van der Waals surface area (Å²) in [6.07, 6.45) is 3.71. The van der Waals surface area contributed by atoms with E-state index in [0.29, 0.717) is 5.56 Å². The summed E-state index contributed by atoms with van der Waals surface area (Å²) in [5, 5.41) is 11.6. The number of piperidine rings is 1. The van der Waals surface area contributed by atoms with Gasteiger partial charge in [-0.25, -0.2) is 0 Å². The fourth-order valence-corrected chi connectivity index (χ4v) is 2.50. The highest BCUT2D eigenvalue weighted by Gasteiger charge is 2.26. The Kier molecular flexibility index (Phi) is 4.53. The smallest absolute Gasteiger partial charge is 0.282 e. The van der Waals surface area contributed by atoms with Crippen molar-refractivity contribution in [3.05, 3.63) is 29.8 Å². The van der Waals surface area contributed by atoms with Crippen LogP contribution in [0.2, 0.25) is 0 Å². The molecule has 4 nitrogen and oxygen atoms in total. The van der Waals surface area contributed by atoms with Crippen LogP contribution in [0.1, 0.15) is 31.7 Å². The summed E-state index contributed by atoms with van der Waals surface area (Å²) in [6.45, 7) is 4.16. The van der Waals surface area contributed by atoms with E-state index >= 15 is 0 Å². The van der Waals surface area contributed by atoms with E-state index in [1.165, 1.54) is 24.2 Å². The van der Waals surface area contributed by atoms with Crippen molar-refractivity contribution < 1.29 is 9.69 Å². The van der Waals surface area contributed by atoms with Crippen molar-refractivity contribution in [3.63, 3.8) is 0 Å². The quantitative estimate of drug-likeness (QED) is 0.848. The summed E-state index contributed by atoms with van der Waals surface area (Å²) in [6, 6.07) is 9.03. The van der Waals surface area contributed by atoms with Crippen LogP contribution in [-0.4, -0.2) is 25.0 Å². The van der Waals surface area contributed by atoms with Gasteiger partial charge in [-0.05, 0) is 50.5 Å². The maximum absolute atomic E-state index is 12.2. The third kappa shape index (κ3) is 3.55. The predicted molar refractivity (Wildman–Crippen MR) is 73.8 cm³/mol. The van der Waals surface area contributed by atoms with E-state index in [1.54, 1.807) is 24.3 Å². The second-order valence-corrected chi connectivity index (χ2v) is 5.12. The molecule has 1 aromatic rings. The number of nitriles is 1. The average molecular weight is 258 g/mol. The van der Waals surface area contributed by atoms with Gasteiger partial charge < -0.3 is 10.2 Å². The number of hydrogen-bond acceptors (Lipinski definition) is 2. The largest absolute Gasteiger partial charge is 0.325 e. The number of anilines is 1. The first-order valence-corrected chi connectivity index (χ1v) is 6.86. The van der Waals surface area contributed by atoms with Crippen molar-refractivity contribution in [3.8, 4) is 6.07 Å². The van der Waals surface area contributed by atoms with Crippen LogP contribution in [0.5, 0.6) is 0 Å². The topological polar surface area (TPSA) is 57.3 Å². The van der Waals surface area contributed by atoms with Crippen molar-refractivity contribution >= 4 is 11.6 Å². The van der Waals surface area contributed by atoms with Gasteiger partial charge in [-0.2, -0.15) is 5.26 Å². The van der Waals surface area contributed by atoms with E-state index in [-0.39, 0.29) is 11.9 Å². The van der Waals surface area contributed by atoms with E-state index in [9.17, 15) is 4.79 Å². The zero-order chi connectivity index (χ0) is 13.7. The van der Waals surface area contributed by atoms with Gasteiger partial charge in [-0.15, -0.1) is 0 Å². The normalized spacial score (nSPS) is 17.5. The molecule has 19 heavy (non-hydrogen) atoms. The molecule has 2 rings (SSSR count). The first-order chi connectivity index (χ1) is 9.20. The predicted octanol–water partition coefficient (Wildman–Crippen LogP) is 0.954. The fourth-order valence-electron chi connectivity index (χ4n) is 2.50. The average Bonchev–Trinajstić information content (AvgIpc) is 2.48. The monoisotopic (exact) mass is 258 g/mol. The van der Waals surface area contributed by atoms with Gasteiger partial charge in [0.15, 0.2) is 6.04 Å². The van der Waals surface area contributed by atoms with Crippen molar-refractivity contribution in [2.75, 3.05) is 18.4 Å². The standard InChI is InChI=1S/C15H19N3O/c1-12(18-9-3-2-4-10-18)15(19)17-14-7-5-13(11-16)6-8-14/h5-8,12H,2-4,9-10H2,1H3,(H,17,19)/p+1/t12-/m1/s1. The lowest BCUT2D eigenvalue weighted by Gasteiger charge is -2.28. The van der Waals surface area contributed by atoms with Crippen molar-refractivity contribution in [2.24, 2.45) is 0 Å². The number of likely N-dealkylation sites (tertiary alicyclic amines) is 1. The maximum atomic E-state index is 12.2. The number of nitrogens with one attached hydrogen (secondary N) is 2. The molecule has 1 heterocycles. The number of rotatable bonds is 3. The van der Waals surface area contributed by atoms with Gasteiger partial charge in [0.05, 0.1) is 24.7 Å². The summed E-state index contributed by atoms with van der Waals surface area (Å²) in [7, 11) is 0. The first kappa shape index (κ1) is 13.6. The Hall–Kier alpha value is -1.86. The first-order valence-electron chi connectivity index (χ1n) is 6.86. The second kappa shape index (κ2) is 6.35. The van der Waals surface area contributed by atoms with Crippen molar-refractivity contribution in [2.45, 2.75) is 32.2 Å². The van der Waals surface area contributed by atoms with Gasteiger partial charge in [-0.3, -0.25) is 4.79 Å². The van der Waals surface area contributed by atoms with Crippen LogP contribution in [0, 0.1) is 11.3 Å². The third-order valence-corrected chi connectivity index (χ3v) is 3.78. The van der Waals surface area contributed by atoms with E-state index < -0.39 is 0 Å². The number of amides is 1. The number of carbonyl (C=O) groups is 1. The molecular weight excluding hydrogens is 238 g/mol. The minimum Gasteiger partial charge on any atom is -0.325 e. The van der Waals surface area contributed by atoms with Crippen LogP contribution in [-0.2, 0) is 4.79 Å². The summed E-state index contributed by atoms with van der Waals surface area (Å²) in [5.41, 5.74) is 1.36. The molecule has 0 aromatic heterocycles. The molecule has 0 unspecified atom stereocenters. The fraction of sp³-hybridized carbons (Fsp3) is 0.467. The number of benzene rings is 1. The summed E-state index contributed by atoms with van der Waals surface area (Å²) < 4.78 is 0. The van der Waals surface area contributed by atoms with Gasteiger partial charge >= 0.3 is 0 Å². The molecule has 0 aliphatic carbocycles. The number of quaternary nitrogens is 1. The molecule has 1 amide bonds. The van der Waals surface area contributed by atoms with Crippen LogP contribution in [0.15, 0.2) is 24.3 Å². The molecular formula is C15H20N3O+. The molecule has 2 N–H and O–H groups in total. The SMILES string of the molecule is C[C@H](C(=O)Nc1ccc(C#N)cc1)[NH+]1CCCCC1.